The smallest absolute Gasteiger partial charge is 0.305 e. The van der Waals surface area contributed by atoms with Gasteiger partial charge >= 0.3 is 18.9 Å². The molecule has 25 heavy (non-hydrogen) atoms. The van der Waals surface area contributed by atoms with E-state index in [9.17, 15) is 4.79 Å². The van der Waals surface area contributed by atoms with E-state index < -0.39 is 22.3 Å². The number of carbonyl (C=O) groups is 1. The average Bonchev–Trinajstić information content (AvgIpc) is 2.35. The van der Waals surface area contributed by atoms with Crippen LogP contribution in [-0.2, 0) is 4.79 Å². The van der Waals surface area contributed by atoms with Crippen LogP contribution in [0, 0.1) is 11.5 Å². The van der Waals surface area contributed by atoms with Crippen LogP contribution < -0.4 is 18.9 Å². The molecule has 0 heterocycles. The Balaban J connectivity index is 0.00000576. The van der Waals surface area contributed by atoms with E-state index in [0.717, 1.165) is 5.56 Å². The molecule has 0 bridgehead atoms. The molecular weight excluding hydrogens is 347 g/mol. The third-order valence-corrected chi connectivity index (χ3v) is 42.7. The van der Waals surface area contributed by atoms with Crippen LogP contribution in [0.25, 0.3) is 0 Å². The zero-order valence-corrected chi connectivity index (χ0v) is 21.3. The summed E-state index contributed by atoms with van der Waals surface area (Å²) in [5, 5.41) is 1.83. The molecular formula is C20H35LiOSi3. The number of hydrogen-bond acceptors (Lipinski definition) is 1. The second-order valence-electron chi connectivity index (χ2n) is 9.95. The van der Waals surface area contributed by atoms with Crippen molar-refractivity contribution in [3.05, 3.63) is 47.2 Å². The zero-order chi connectivity index (χ0) is 19.0. The first-order valence-corrected chi connectivity index (χ1v) is 19.9. The van der Waals surface area contributed by atoms with Crippen molar-refractivity contribution in [3.63, 3.8) is 0 Å². The Morgan fingerprint density at radius 2 is 1.28 bits per heavy atom. The summed E-state index contributed by atoms with van der Waals surface area (Å²) in [6.07, 6.45) is 3.68. The van der Waals surface area contributed by atoms with Crippen molar-refractivity contribution in [1.29, 1.82) is 0 Å². The maximum absolute atomic E-state index is 13.9. The standard InChI is InChI=1S/C20H35OSi3.Li/c1-17(16-18-14-12-11-13-15-18)24(22(5,6)7,23(8,9)10)19(21)20(2,3)4;/h11-15H,1-10H3;/q-1;+1. The van der Waals surface area contributed by atoms with Crippen molar-refractivity contribution in [2.75, 3.05) is 0 Å². The van der Waals surface area contributed by atoms with Crippen LogP contribution in [0.1, 0.15) is 33.3 Å². The molecule has 134 valence electrons. The molecule has 1 nitrogen and oxygen atoms in total. The molecule has 1 aromatic carbocycles. The van der Waals surface area contributed by atoms with Gasteiger partial charge in [0.05, 0.1) is 0 Å². The van der Waals surface area contributed by atoms with Gasteiger partial charge in [0, 0.05) is 20.6 Å². The first-order valence-electron chi connectivity index (χ1n) is 8.86. The topological polar surface area (TPSA) is 17.1 Å². The van der Waals surface area contributed by atoms with E-state index in [-0.39, 0.29) is 24.3 Å². The molecule has 5 heteroatoms. The Labute approximate surface area is 170 Å². The maximum atomic E-state index is 13.9. The third-order valence-electron chi connectivity index (χ3n) is 4.94. The maximum Gasteiger partial charge on any atom is 1.00 e. The van der Waals surface area contributed by atoms with E-state index in [1.807, 2.05) is 18.2 Å². The molecule has 0 unspecified atom stereocenters. The normalized spacial score (nSPS) is 14.1. The summed E-state index contributed by atoms with van der Waals surface area (Å²) in [7, 11) is -5.70. The van der Waals surface area contributed by atoms with Crippen LogP contribution in [0.4, 0.5) is 0 Å². The van der Waals surface area contributed by atoms with Crippen LogP contribution >= 0.6 is 0 Å². The third kappa shape index (κ3) is 4.99. The van der Waals surface area contributed by atoms with Crippen LogP contribution in [0.3, 0.4) is 0 Å². The van der Waals surface area contributed by atoms with Gasteiger partial charge < -0.3 is 4.79 Å². The molecule has 0 aliphatic rings. The molecule has 1 rings (SSSR count). The minimum atomic E-state index is -2.28. The Kier molecular flexibility index (Phi) is 8.23. The van der Waals surface area contributed by atoms with E-state index in [1.54, 1.807) is 0 Å². The number of allylic oxidation sites excluding steroid dienone is 1. The fraction of sp³-hybridized carbons (Fsp3) is 0.550. The molecule has 0 aliphatic carbocycles. The molecule has 0 amide bonds. The Morgan fingerprint density at radius 3 is 1.60 bits per heavy atom. The zero-order valence-electron chi connectivity index (χ0n) is 18.3. The minimum absolute atomic E-state index is 0. The molecule has 0 aliphatic heterocycles. The first-order chi connectivity index (χ1) is 10.7. The summed E-state index contributed by atoms with van der Waals surface area (Å²) in [6.45, 7) is 23.0. The fourth-order valence-electron chi connectivity index (χ4n) is 4.50. The molecule has 0 N–H and O–H groups in total. The quantitative estimate of drug-likeness (QED) is 0.565. The fourth-order valence-corrected chi connectivity index (χ4v) is 52.6. The van der Waals surface area contributed by atoms with Crippen LogP contribution in [0.15, 0.2) is 35.5 Å². The van der Waals surface area contributed by atoms with Crippen molar-refractivity contribution in [3.8, 4) is 0 Å². The molecule has 1 aromatic rings. The summed E-state index contributed by atoms with van der Waals surface area (Å²) >= 11 is 0. The summed E-state index contributed by atoms with van der Waals surface area (Å²) in [4.78, 5) is 13.9. The Morgan fingerprint density at radius 1 is 0.880 bits per heavy atom. The average molecular weight is 383 g/mol. The van der Waals surface area contributed by atoms with Gasteiger partial charge in [-0.05, 0) is 0 Å². The van der Waals surface area contributed by atoms with Crippen molar-refractivity contribution in [1.82, 2.24) is 0 Å². The van der Waals surface area contributed by atoms with Gasteiger partial charge in [0.25, 0.3) is 0 Å². The summed E-state index contributed by atoms with van der Waals surface area (Å²) in [6, 6.07) is 10.3. The van der Waals surface area contributed by atoms with E-state index >= 15 is 0 Å². The van der Waals surface area contributed by atoms with Gasteiger partial charge in [0.1, 0.15) is 12.5 Å². The van der Waals surface area contributed by atoms with Crippen molar-refractivity contribution < 1.29 is 23.7 Å². The number of carbonyl (C=O) groups excluding carboxylic acids is 1. The van der Waals surface area contributed by atoms with Gasteiger partial charge in [-0.3, -0.25) is 0 Å². The summed E-state index contributed by atoms with van der Waals surface area (Å²) < 4.78 is 0. The largest absolute Gasteiger partial charge is 1.00 e. The SMILES string of the molecule is CC(=[C-]c1ccccc1)[Si](C(=O)C(C)(C)C)([Si](C)(C)C)[Si](C)(C)C.[Li+]. The van der Waals surface area contributed by atoms with E-state index in [4.69, 9.17) is 0 Å². The van der Waals surface area contributed by atoms with Crippen LogP contribution in [0.5, 0.6) is 0 Å². The molecule has 0 radical (unpaired) electrons. The van der Waals surface area contributed by atoms with Gasteiger partial charge in [-0.15, -0.1) is 17.3 Å². The molecule has 0 spiro atoms. The van der Waals surface area contributed by atoms with Gasteiger partial charge in [-0.2, -0.15) is 23.8 Å². The molecule has 0 saturated carbocycles. The number of hydrogen-bond donors (Lipinski definition) is 0. The summed E-state index contributed by atoms with van der Waals surface area (Å²) in [5.41, 5.74) is 0.817. The summed E-state index contributed by atoms with van der Waals surface area (Å²) in [5.74, 6) is 0. The van der Waals surface area contributed by atoms with Crippen molar-refractivity contribution >= 4 is 27.7 Å². The molecule has 0 fully saturated rings. The van der Waals surface area contributed by atoms with E-state index in [2.05, 4.69) is 85.2 Å². The second kappa shape index (κ2) is 8.27. The predicted octanol–water partition coefficient (Wildman–Crippen LogP) is 2.76. The van der Waals surface area contributed by atoms with Crippen molar-refractivity contribution in [2.45, 2.75) is 67.0 Å². The van der Waals surface area contributed by atoms with E-state index in [0.29, 0.717) is 5.41 Å². The monoisotopic (exact) mass is 382 g/mol. The van der Waals surface area contributed by atoms with Gasteiger partial charge in [0.2, 0.25) is 0 Å². The predicted molar refractivity (Wildman–Crippen MR) is 115 cm³/mol. The van der Waals surface area contributed by atoms with Gasteiger partial charge in [-0.25, -0.2) is 0 Å². The Hall–Kier alpha value is -0.122. The first kappa shape index (κ1) is 24.9. The number of benzene rings is 1. The number of rotatable bonds is 5. The molecule has 0 saturated heterocycles. The van der Waals surface area contributed by atoms with Crippen LogP contribution in [0.2, 0.25) is 39.3 Å². The van der Waals surface area contributed by atoms with Gasteiger partial charge in [-0.1, -0.05) is 73.0 Å². The Bertz CT molecular complexity index is 603. The van der Waals surface area contributed by atoms with Crippen molar-refractivity contribution in [2.24, 2.45) is 5.41 Å². The van der Waals surface area contributed by atoms with E-state index in [1.165, 1.54) is 5.20 Å². The van der Waals surface area contributed by atoms with Crippen LogP contribution in [-0.4, -0.2) is 27.7 Å². The molecule has 0 aromatic heterocycles. The molecule has 0 atom stereocenters. The minimum Gasteiger partial charge on any atom is -0.305 e. The van der Waals surface area contributed by atoms with Gasteiger partial charge in [0.15, 0.2) is 0 Å². The second-order valence-corrected chi connectivity index (χ2v) is 36.6.